The first-order valence-corrected chi connectivity index (χ1v) is 11.6. The van der Waals surface area contributed by atoms with Crippen LogP contribution in [-0.2, 0) is 11.3 Å². The van der Waals surface area contributed by atoms with E-state index in [9.17, 15) is 9.59 Å². The SMILES string of the molecule is CCn1c(SCC(=O)Nc2ccc(Br)cc2)nnc1[C@H](C)NC(=O)c1ccccc1C. The molecule has 0 spiro atoms. The Labute approximate surface area is 194 Å². The standard InChI is InChI=1S/C22H24BrN5O2S/c1-4-28-20(15(3)24-21(30)18-8-6-5-7-14(18)2)26-27-22(28)31-13-19(29)25-17-11-9-16(23)10-12-17/h5-12,15H,4,13H2,1-3H3,(H,24,30)(H,25,29)/t15-/m0/s1. The zero-order valence-electron chi connectivity index (χ0n) is 17.6. The molecule has 3 aromatic rings. The van der Waals surface area contributed by atoms with Gasteiger partial charge in [-0.05, 0) is 56.7 Å². The summed E-state index contributed by atoms with van der Waals surface area (Å²) in [6, 6.07) is 14.5. The zero-order chi connectivity index (χ0) is 22.4. The first kappa shape index (κ1) is 23.0. The number of hydrogen-bond donors (Lipinski definition) is 2. The van der Waals surface area contributed by atoms with Crippen LogP contribution in [0, 0.1) is 6.92 Å². The maximum atomic E-state index is 12.6. The summed E-state index contributed by atoms with van der Waals surface area (Å²) in [6.07, 6.45) is 0. The van der Waals surface area contributed by atoms with Gasteiger partial charge in [-0.2, -0.15) is 0 Å². The molecule has 0 aliphatic carbocycles. The van der Waals surface area contributed by atoms with E-state index in [1.54, 1.807) is 6.07 Å². The van der Waals surface area contributed by atoms with E-state index in [-0.39, 0.29) is 23.6 Å². The fourth-order valence-corrected chi connectivity index (χ4v) is 4.13. The van der Waals surface area contributed by atoms with Gasteiger partial charge in [-0.1, -0.05) is 45.9 Å². The number of nitrogens with one attached hydrogen (secondary N) is 2. The minimum absolute atomic E-state index is 0.125. The molecule has 0 radical (unpaired) electrons. The minimum atomic E-state index is -0.328. The predicted molar refractivity (Wildman–Crippen MR) is 126 cm³/mol. The third kappa shape index (κ3) is 5.95. The molecule has 0 aliphatic rings. The molecular weight excluding hydrogens is 478 g/mol. The number of benzene rings is 2. The second kappa shape index (κ2) is 10.6. The lowest BCUT2D eigenvalue weighted by atomic mass is 10.1. The number of aromatic nitrogens is 3. The Balaban J connectivity index is 1.63. The molecule has 1 heterocycles. The van der Waals surface area contributed by atoms with Crippen LogP contribution in [0.3, 0.4) is 0 Å². The first-order valence-electron chi connectivity index (χ1n) is 9.86. The summed E-state index contributed by atoms with van der Waals surface area (Å²) in [7, 11) is 0. The molecule has 2 aromatic carbocycles. The Morgan fingerprint density at radius 3 is 2.52 bits per heavy atom. The number of amides is 2. The monoisotopic (exact) mass is 501 g/mol. The summed E-state index contributed by atoms with van der Waals surface area (Å²) in [5.74, 6) is 0.582. The molecule has 0 aliphatic heterocycles. The van der Waals surface area contributed by atoms with Gasteiger partial charge < -0.3 is 15.2 Å². The largest absolute Gasteiger partial charge is 0.342 e. The molecule has 162 valence electrons. The maximum absolute atomic E-state index is 12.6. The third-order valence-electron chi connectivity index (χ3n) is 4.65. The van der Waals surface area contributed by atoms with Crippen molar-refractivity contribution in [1.29, 1.82) is 0 Å². The van der Waals surface area contributed by atoms with Crippen molar-refractivity contribution in [3.63, 3.8) is 0 Å². The summed E-state index contributed by atoms with van der Waals surface area (Å²) in [6.45, 7) is 6.39. The van der Waals surface area contributed by atoms with E-state index < -0.39 is 0 Å². The Kier molecular flexibility index (Phi) is 7.86. The van der Waals surface area contributed by atoms with Crippen LogP contribution in [0.1, 0.15) is 41.6 Å². The summed E-state index contributed by atoms with van der Waals surface area (Å²) >= 11 is 4.69. The van der Waals surface area contributed by atoms with Crippen molar-refractivity contribution in [3.8, 4) is 0 Å². The second-order valence-corrected chi connectivity index (χ2v) is 8.80. The number of anilines is 1. The normalized spacial score (nSPS) is 11.7. The molecule has 2 amide bonds. The molecule has 1 aromatic heterocycles. The van der Waals surface area contributed by atoms with Crippen molar-refractivity contribution in [2.45, 2.75) is 38.5 Å². The van der Waals surface area contributed by atoms with Gasteiger partial charge in [0.25, 0.3) is 5.91 Å². The Hall–Kier alpha value is -2.65. The average molecular weight is 502 g/mol. The van der Waals surface area contributed by atoms with Gasteiger partial charge in [-0.25, -0.2) is 0 Å². The molecule has 0 unspecified atom stereocenters. The number of carbonyl (C=O) groups is 2. The highest BCUT2D eigenvalue weighted by Crippen LogP contribution is 2.22. The Morgan fingerprint density at radius 1 is 1.13 bits per heavy atom. The van der Waals surface area contributed by atoms with E-state index in [1.165, 1.54) is 11.8 Å². The zero-order valence-corrected chi connectivity index (χ0v) is 20.0. The van der Waals surface area contributed by atoms with Gasteiger partial charge in [0, 0.05) is 22.3 Å². The lowest BCUT2D eigenvalue weighted by molar-refractivity contribution is -0.113. The molecule has 0 bridgehead atoms. The molecule has 0 saturated carbocycles. The summed E-state index contributed by atoms with van der Waals surface area (Å²) < 4.78 is 2.87. The van der Waals surface area contributed by atoms with Crippen LogP contribution in [0.4, 0.5) is 5.69 Å². The van der Waals surface area contributed by atoms with Gasteiger partial charge in [0.15, 0.2) is 11.0 Å². The highest BCUT2D eigenvalue weighted by Gasteiger charge is 2.20. The number of halogens is 1. The minimum Gasteiger partial charge on any atom is -0.342 e. The van der Waals surface area contributed by atoms with E-state index >= 15 is 0 Å². The van der Waals surface area contributed by atoms with Gasteiger partial charge in [0.05, 0.1) is 11.8 Å². The lowest BCUT2D eigenvalue weighted by Crippen LogP contribution is -2.29. The van der Waals surface area contributed by atoms with Crippen molar-refractivity contribution in [2.75, 3.05) is 11.1 Å². The first-order chi connectivity index (χ1) is 14.9. The predicted octanol–water partition coefficient (Wildman–Crippen LogP) is 4.59. The van der Waals surface area contributed by atoms with Gasteiger partial charge in [-0.3, -0.25) is 9.59 Å². The fourth-order valence-electron chi connectivity index (χ4n) is 3.05. The maximum Gasteiger partial charge on any atom is 0.252 e. The van der Waals surface area contributed by atoms with E-state index in [1.807, 2.05) is 67.8 Å². The van der Waals surface area contributed by atoms with Crippen LogP contribution in [0.25, 0.3) is 0 Å². The van der Waals surface area contributed by atoms with Crippen molar-refractivity contribution >= 4 is 45.2 Å². The summed E-state index contributed by atoms with van der Waals surface area (Å²) in [5.41, 5.74) is 2.28. The van der Waals surface area contributed by atoms with Gasteiger partial charge in [0.2, 0.25) is 5.91 Å². The Morgan fingerprint density at radius 2 is 1.84 bits per heavy atom. The van der Waals surface area contributed by atoms with Gasteiger partial charge in [-0.15, -0.1) is 10.2 Å². The highest BCUT2D eigenvalue weighted by molar-refractivity contribution is 9.10. The van der Waals surface area contributed by atoms with Crippen molar-refractivity contribution in [2.24, 2.45) is 0 Å². The van der Waals surface area contributed by atoms with Crippen LogP contribution in [0.15, 0.2) is 58.2 Å². The van der Waals surface area contributed by atoms with Crippen molar-refractivity contribution < 1.29 is 9.59 Å². The molecule has 2 N–H and O–H groups in total. The molecule has 1 atom stereocenters. The van der Waals surface area contributed by atoms with Crippen molar-refractivity contribution in [1.82, 2.24) is 20.1 Å². The van der Waals surface area contributed by atoms with Gasteiger partial charge >= 0.3 is 0 Å². The number of carbonyl (C=O) groups excluding carboxylic acids is 2. The topological polar surface area (TPSA) is 88.9 Å². The quantitative estimate of drug-likeness (QED) is 0.440. The van der Waals surface area contributed by atoms with E-state index in [0.29, 0.717) is 23.1 Å². The van der Waals surface area contributed by atoms with Gasteiger partial charge in [0.1, 0.15) is 0 Å². The van der Waals surface area contributed by atoms with Crippen LogP contribution in [0.2, 0.25) is 0 Å². The summed E-state index contributed by atoms with van der Waals surface area (Å²) in [4.78, 5) is 24.9. The number of rotatable bonds is 8. The van der Waals surface area contributed by atoms with Crippen LogP contribution < -0.4 is 10.6 Å². The van der Waals surface area contributed by atoms with E-state index in [2.05, 4.69) is 36.8 Å². The van der Waals surface area contributed by atoms with Crippen LogP contribution >= 0.6 is 27.7 Å². The summed E-state index contributed by atoms with van der Waals surface area (Å²) in [5, 5.41) is 15.0. The third-order valence-corrected chi connectivity index (χ3v) is 6.14. The smallest absolute Gasteiger partial charge is 0.252 e. The number of aryl methyl sites for hydroxylation is 1. The van der Waals surface area contributed by atoms with Crippen molar-refractivity contribution in [3.05, 3.63) is 70.0 Å². The molecule has 0 fully saturated rings. The molecular formula is C22H24BrN5O2S. The molecule has 3 rings (SSSR count). The molecule has 7 nitrogen and oxygen atoms in total. The van der Waals surface area contributed by atoms with Crippen LogP contribution in [-0.4, -0.2) is 32.3 Å². The number of hydrogen-bond acceptors (Lipinski definition) is 5. The number of nitrogens with zero attached hydrogens (tertiary/aromatic N) is 3. The number of thioether (sulfide) groups is 1. The molecule has 31 heavy (non-hydrogen) atoms. The Bertz CT molecular complexity index is 1070. The fraction of sp³-hybridized carbons (Fsp3) is 0.273. The molecule has 0 saturated heterocycles. The molecule has 9 heteroatoms. The average Bonchev–Trinajstić information content (AvgIpc) is 3.17. The lowest BCUT2D eigenvalue weighted by Gasteiger charge is -2.16. The van der Waals surface area contributed by atoms with Crippen LogP contribution in [0.5, 0.6) is 0 Å². The highest BCUT2D eigenvalue weighted by atomic mass is 79.9. The van der Waals surface area contributed by atoms with E-state index in [0.717, 1.165) is 15.7 Å². The van der Waals surface area contributed by atoms with E-state index in [4.69, 9.17) is 0 Å². The second-order valence-electron chi connectivity index (χ2n) is 6.94.